The second-order valence-corrected chi connectivity index (χ2v) is 5.86. The van der Waals surface area contributed by atoms with Crippen LogP contribution in [-0.4, -0.2) is 44.0 Å². The minimum atomic E-state index is -3.47. The van der Waals surface area contributed by atoms with Gasteiger partial charge in [0.15, 0.2) is 0 Å². The van der Waals surface area contributed by atoms with Crippen LogP contribution in [0.25, 0.3) is 0 Å². The summed E-state index contributed by atoms with van der Waals surface area (Å²) in [6.07, 6.45) is 0. The summed E-state index contributed by atoms with van der Waals surface area (Å²) in [6.45, 7) is 2.36. The smallest absolute Gasteiger partial charge is 0.279 e. The van der Waals surface area contributed by atoms with Gasteiger partial charge in [-0.05, 0) is 6.07 Å². The highest BCUT2D eigenvalue weighted by Gasteiger charge is 2.23. The van der Waals surface area contributed by atoms with Gasteiger partial charge in [-0.2, -0.15) is 17.4 Å². The first kappa shape index (κ1) is 13.3. The zero-order valence-corrected chi connectivity index (χ0v) is 10.8. The Morgan fingerprint density at radius 1 is 1.28 bits per heavy atom. The van der Waals surface area contributed by atoms with Crippen molar-refractivity contribution in [3.8, 4) is 5.75 Å². The third-order valence-electron chi connectivity index (χ3n) is 2.85. The van der Waals surface area contributed by atoms with Crippen LogP contribution in [0.2, 0.25) is 0 Å². The second-order valence-electron chi connectivity index (χ2n) is 4.10. The van der Waals surface area contributed by atoms with Crippen LogP contribution in [0.5, 0.6) is 5.75 Å². The summed E-state index contributed by atoms with van der Waals surface area (Å²) < 4.78 is 27.9. The van der Waals surface area contributed by atoms with Gasteiger partial charge in [0.1, 0.15) is 5.75 Å². The Labute approximate surface area is 107 Å². The molecule has 6 nitrogen and oxygen atoms in total. The van der Waals surface area contributed by atoms with E-state index in [2.05, 4.69) is 10.0 Å². The number of hydrogen-bond donors (Lipinski definition) is 3. The molecule has 0 saturated carbocycles. The number of hydrogen-bond acceptors (Lipinski definition) is 4. The van der Waals surface area contributed by atoms with Gasteiger partial charge >= 0.3 is 0 Å². The molecule has 2 rings (SSSR count). The Bertz CT molecular complexity index is 498. The molecule has 0 amide bonds. The molecule has 0 unspecified atom stereocenters. The normalized spacial score (nSPS) is 17.8. The van der Waals surface area contributed by atoms with Gasteiger partial charge in [0, 0.05) is 38.3 Å². The zero-order valence-electron chi connectivity index (χ0n) is 9.96. The molecular formula is C11H17N3O3S. The van der Waals surface area contributed by atoms with Crippen LogP contribution in [-0.2, 0) is 16.8 Å². The molecule has 18 heavy (non-hydrogen) atoms. The first-order chi connectivity index (χ1) is 8.59. The molecule has 0 spiro atoms. The number of benzene rings is 1. The molecule has 0 bridgehead atoms. The molecule has 0 aromatic heterocycles. The highest BCUT2D eigenvalue weighted by atomic mass is 32.2. The average Bonchev–Trinajstić information content (AvgIpc) is 2.39. The van der Waals surface area contributed by atoms with E-state index in [-0.39, 0.29) is 12.3 Å². The monoisotopic (exact) mass is 271 g/mol. The third-order valence-corrected chi connectivity index (χ3v) is 4.41. The molecular weight excluding hydrogens is 254 g/mol. The van der Waals surface area contributed by atoms with Crippen molar-refractivity contribution in [3.63, 3.8) is 0 Å². The Morgan fingerprint density at radius 3 is 2.61 bits per heavy atom. The van der Waals surface area contributed by atoms with Gasteiger partial charge in [-0.3, -0.25) is 0 Å². The summed E-state index contributed by atoms with van der Waals surface area (Å²) in [7, 11) is -3.47. The van der Waals surface area contributed by atoms with Crippen molar-refractivity contribution in [1.82, 2.24) is 14.3 Å². The fraction of sp³-hybridized carbons (Fsp3) is 0.455. The van der Waals surface area contributed by atoms with Crippen molar-refractivity contribution in [3.05, 3.63) is 29.8 Å². The summed E-state index contributed by atoms with van der Waals surface area (Å²) in [5, 5.41) is 12.7. The lowest BCUT2D eigenvalue weighted by molar-refractivity contribution is 0.354. The summed E-state index contributed by atoms with van der Waals surface area (Å²) in [4.78, 5) is 0. The van der Waals surface area contributed by atoms with Crippen LogP contribution in [0.3, 0.4) is 0 Å². The number of aromatic hydroxyl groups is 1. The number of phenols is 1. The van der Waals surface area contributed by atoms with E-state index in [0.29, 0.717) is 31.7 Å². The summed E-state index contributed by atoms with van der Waals surface area (Å²) in [6, 6.07) is 6.68. The van der Waals surface area contributed by atoms with E-state index in [1.807, 2.05) is 0 Å². The van der Waals surface area contributed by atoms with Gasteiger partial charge in [-0.25, -0.2) is 0 Å². The van der Waals surface area contributed by atoms with E-state index in [4.69, 9.17) is 0 Å². The number of piperazine rings is 1. The minimum absolute atomic E-state index is 0.0962. The van der Waals surface area contributed by atoms with Crippen LogP contribution in [0.15, 0.2) is 24.3 Å². The average molecular weight is 271 g/mol. The van der Waals surface area contributed by atoms with E-state index in [9.17, 15) is 13.5 Å². The minimum Gasteiger partial charge on any atom is -0.508 e. The predicted molar refractivity (Wildman–Crippen MR) is 68.3 cm³/mol. The lowest BCUT2D eigenvalue weighted by Crippen LogP contribution is -2.50. The van der Waals surface area contributed by atoms with Crippen LogP contribution >= 0.6 is 0 Å². The number of phenolic OH excluding ortho intramolecular Hbond substituents is 1. The number of nitrogens with one attached hydrogen (secondary N) is 2. The summed E-state index contributed by atoms with van der Waals surface area (Å²) in [5.74, 6) is 0.0977. The lowest BCUT2D eigenvalue weighted by Gasteiger charge is -2.26. The highest BCUT2D eigenvalue weighted by molar-refractivity contribution is 7.87. The maximum atomic E-state index is 12.0. The van der Waals surface area contributed by atoms with Gasteiger partial charge in [-0.15, -0.1) is 0 Å². The molecule has 0 radical (unpaired) electrons. The number of nitrogens with zero attached hydrogens (tertiary/aromatic N) is 1. The van der Waals surface area contributed by atoms with E-state index in [1.54, 1.807) is 18.2 Å². The Kier molecular flexibility index (Phi) is 4.18. The maximum absolute atomic E-state index is 12.0. The van der Waals surface area contributed by atoms with Gasteiger partial charge in [0.25, 0.3) is 10.2 Å². The fourth-order valence-electron chi connectivity index (χ4n) is 1.81. The van der Waals surface area contributed by atoms with Crippen LogP contribution in [0, 0.1) is 0 Å². The lowest BCUT2D eigenvalue weighted by atomic mass is 10.2. The molecule has 1 heterocycles. The Morgan fingerprint density at radius 2 is 1.94 bits per heavy atom. The first-order valence-electron chi connectivity index (χ1n) is 5.82. The first-order valence-corrected chi connectivity index (χ1v) is 7.26. The van der Waals surface area contributed by atoms with Crippen molar-refractivity contribution in [2.45, 2.75) is 6.54 Å². The maximum Gasteiger partial charge on any atom is 0.279 e. The molecule has 0 aliphatic carbocycles. The van der Waals surface area contributed by atoms with Crippen LogP contribution < -0.4 is 10.0 Å². The molecule has 3 N–H and O–H groups in total. The van der Waals surface area contributed by atoms with Crippen molar-refractivity contribution in [2.24, 2.45) is 0 Å². The SMILES string of the molecule is O=S(=O)(NCc1ccccc1O)N1CCNCC1. The molecule has 1 aromatic carbocycles. The zero-order chi connectivity index (χ0) is 13.0. The van der Waals surface area contributed by atoms with E-state index < -0.39 is 10.2 Å². The second kappa shape index (κ2) is 5.66. The van der Waals surface area contributed by atoms with Gasteiger partial charge < -0.3 is 10.4 Å². The van der Waals surface area contributed by atoms with Gasteiger partial charge in [0.05, 0.1) is 0 Å². The molecule has 1 saturated heterocycles. The Balaban J connectivity index is 1.98. The summed E-state index contributed by atoms with van der Waals surface area (Å²) in [5.41, 5.74) is 0.566. The van der Waals surface area contributed by atoms with Crippen LogP contribution in [0.4, 0.5) is 0 Å². The van der Waals surface area contributed by atoms with Crippen molar-refractivity contribution in [1.29, 1.82) is 0 Å². The molecule has 1 aromatic rings. The standard InChI is InChI=1S/C11H17N3O3S/c15-11-4-2-1-3-10(11)9-13-18(16,17)14-7-5-12-6-8-14/h1-4,12-13,15H,5-9H2. The predicted octanol–water partition coefficient (Wildman–Crippen LogP) is -0.368. The summed E-state index contributed by atoms with van der Waals surface area (Å²) >= 11 is 0. The fourth-order valence-corrected chi connectivity index (χ4v) is 2.99. The van der Waals surface area contributed by atoms with Crippen molar-refractivity contribution in [2.75, 3.05) is 26.2 Å². The van der Waals surface area contributed by atoms with Crippen molar-refractivity contribution < 1.29 is 13.5 Å². The number of rotatable bonds is 4. The molecule has 1 aliphatic rings. The Hall–Kier alpha value is -1.15. The van der Waals surface area contributed by atoms with Gasteiger partial charge in [0.2, 0.25) is 0 Å². The largest absolute Gasteiger partial charge is 0.508 e. The van der Waals surface area contributed by atoms with E-state index in [0.717, 1.165) is 0 Å². The molecule has 7 heteroatoms. The third kappa shape index (κ3) is 3.20. The van der Waals surface area contributed by atoms with Gasteiger partial charge in [-0.1, -0.05) is 18.2 Å². The molecule has 100 valence electrons. The number of para-hydroxylation sites is 1. The van der Waals surface area contributed by atoms with E-state index >= 15 is 0 Å². The highest BCUT2D eigenvalue weighted by Crippen LogP contribution is 2.15. The topological polar surface area (TPSA) is 81.7 Å². The molecule has 1 aliphatic heterocycles. The molecule has 0 atom stereocenters. The van der Waals surface area contributed by atoms with Crippen LogP contribution in [0.1, 0.15) is 5.56 Å². The quantitative estimate of drug-likeness (QED) is 0.698. The van der Waals surface area contributed by atoms with E-state index in [1.165, 1.54) is 10.4 Å². The van der Waals surface area contributed by atoms with Crippen molar-refractivity contribution >= 4 is 10.2 Å². The molecule has 1 fully saturated rings.